The SMILES string of the molecule is CC1(C)CC(C2COC(C)(C)O2)C(C(O)CNC(=O)CC(CC(=O)O)NC(=O)OCC2c3ccccc3-c3ccccc32)O1. The highest BCUT2D eigenvalue weighted by Crippen LogP contribution is 2.45. The van der Waals surface area contributed by atoms with E-state index in [1.165, 1.54) is 0 Å². The number of hydrogen-bond acceptors (Lipinski definition) is 8. The number of amides is 2. The summed E-state index contributed by atoms with van der Waals surface area (Å²) in [5.74, 6) is -2.72. The third-order valence-electron chi connectivity index (χ3n) is 8.52. The fraction of sp³-hybridized carbons (Fsp3) is 0.545. The van der Waals surface area contributed by atoms with Gasteiger partial charge >= 0.3 is 12.1 Å². The van der Waals surface area contributed by atoms with Gasteiger partial charge in [-0.05, 0) is 56.4 Å². The van der Waals surface area contributed by atoms with E-state index in [4.69, 9.17) is 18.9 Å². The van der Waals surface area contributed by atoms with E-state index in [2.05, 4.69) is 10.6 Å². The van der Waals surface area contributed by atoms with Gasteiger partial charge in [-0.15, -0.1) is 0 Å². The maximum atomic E-state index is 12.8. The van der Waals surface area contributed by atoms with E-state index in [-0.39, 0.29) is 37.5 Å². The number of carboxylic acid groups (broad SMARTS) is 1. The predicted molar refractivity (Wildman–Crippen MR) is 160 cm³/mol. The van der Waals surface area contributed by atoms with Gasteiger partial charge in [0.1, 0.15) is 6.61 Å². The van der Waals surface area contributed by atoms with E-state index in [0.717, 1.165) is 22.3 Å². The molecule has 3 aliphatic rings. The molecule has 11 heteroatoms. The second-order valence-electron chi connectivity index (χ2n) is 12.9. The number of alkyl carbamates (subject to hydrolysis) is 1. The Hall–Kier alpha value is -3.51. The summed E-state index contributed by atoms with van der Waals surface area (Å²) in [5, 5.41) is 25.6. The van der Waals surface area contributed by atoms with Crippen molar-refractivity contribution in [2.24, 2.45) is 5.92 Å². The van der Waals surface area contributed by atoms with Crippen molar-refractivity contribution in [1.82, 2.24) is 10.6 Å². The Bertz CT molecular complexity index is 1330. The zero-order valence-electron chi connectivity index (χ0n) is 25.6. The average molecular weight is 611 g/mol. The first kappa shape index (κ1) is 31.9. The lowest BCUT2D eigenvalue weighted by Gasteiger charge is -2.28. The summed E-state index contributed by atoms with van der Waals surface area (Å²) in [7, 11) is 0. The molecule has 11 nitrogen and oxygen atoms in total. The van der Waals surface area contributed by atoms with Crippen LogP contribution in [0.2, 0.25) is 0 Å². The Morgan fingerprint density at radius 3 is 2.20 bits per heavy atom. The molecule has 0 saturated carbocycles. The van der Waals surface area contributed by atoms with Crippen LogP contribution in [0.3, 0.4) is 0 Å². The van der Waals surface area contributed by atoms with Crippen LogP contribution in [0.5, 0.6) is 0 Å². The van der Waals surface area contributed by atoms with Crippen LogP contribution < -0.4 is 10.6 Å². The summed E-state index contributed by atoms with van der Waals surface area (Å²) in [6.07, 6.45) is -2.83. The van der Waals surface area contributed by atoms with Gasteiger partial charge in [-0.25, -0.2) is 4.79 Å². The molecule has 0 radical (unpaired) electrons. The van der Waals surface area contributed by atoms with Crippen molar-refractivity contribution >= 4 is 18.0 Å². The van der Waals surface area contributed by atoms with Gasteiger partial charge in [0.25, 0.3) is 0 Å². The van der Waals surface area contributed by atoms with Crippen LogP contribution in [-0.4, -0.2) is 83.7 Å². The van der Waals surface area contributed by atoms with E-state index in [9.17, 15) is 24.6 Å². The van der Waals surface area contributed by atoms with E-state index < -0.39 is 54.0 Å². The number of rotatable bonds is 11. The minimum atomic E-state index is -1.17. The van der Waals surface area contributed by atoms with E-state index in [1.54, 1.807) is 0 Å². The summed E-state index contributed by atoms with van der Waals surface area (Å²) in [6, 6.07) is 14.9. The van der Waals surface area contributed by atoms with Crippen molar-refractivity contribution in [3.05, 3.63) is 59.7 Å². The standard InChI is InChI=1S/C33H42N2O9/c1-32(2)15-24(27-18-42-33(3,4)43-27)30(44-32)26(36)16-34-28(37)13-19(14-29(38)39)35-31(40)41-17-25-22-11-7-5-9-20(22)21-10-6-8-12-23(21)25/h5-12,19,24-27,30,36H,13-18H2,1-4H3,(H,34,37)(H,35,40)(H,38,39). The molecule has 2 heterocycles. The minimum Gasteiger partial charge on any atom is -0.481 e. The molecule has 2 aromatic carbocycles. The number of hydrogen-bond donors (Lipinski definition) is 4. The van der Waals surface area contributed by atoms with Gasteiger partial charge in [-0.2, -0.15) is 0 Å². The molecule has 5 unspecified atom stereocenters. The van der Waals surface area contributed by atoms with Crippen LogP contribution in [0.4, 0.5) is 4.79 Å². The smallest absolute Gasteiger partial charge is 0.407 e. The first-order chi connectivity index (χ1) is 20.8. The van der Waals surface area contributed by atoms with Crippen LogP contribution in [0.25, 0.3) is 11.1 Å². The first-order valence-corrected chi connectivity index (χ1v) is 15.1. The molecule has 5 rings (SSSR count). The topological polar surface area (TPSA) is 153 Å². The first-order valence-electron chi connectivity index (χ1n) is 15.1. The van der Waals surface area contributed by atoms with Crippen LogP contribution in [0, 0.1) is 5.92 Å². The van der Waals surface area contributed by atoms with Gasteiger partial charge in [0.05, 0.1) is 43.0 Å². The number of nitrogens with one attached hydrogen (secondary N) is 2. The third kappa shape index (κ3) is 7.40. The Kier molecular flexibility index (Phi) is 9.31. The van der Waals surface area contributed by atoms with E-state index in [1.807, 2.05) is 76.2 Å². The maximum Gasteiger partial charge on any atom is 0.407 e. The molecule has 2 aromatic rings. The highest BCUT2D eigenvalue weighted by Gasteiger charge is 2.50. The lowest BCUT2D eigenvalue weighted by Crippen LogP contribution is -2.46. The highest BCUT2D eigenvalue weighted by molar-refractivity contribution is 5.80. The average Bonchev–Trinajstić information content (AvgIpc) is 3.60. The van der Waals surface area contributed by atoms with E-state index >= 15 is 0 Å². The molecule has 1 aliphatic carbocycles. The fourth-order valence-corrected chi connectivity index (χ4v) is 6.64. The molecule has 2 saturated heterocycles. The number of carboxylic acids is 1. The van der Waals surface area contributed by atoms with Crippen molar-refractivity contribution in [2.75, 3.05) is 19.8 Å². The molecule has 2 amide bonds. The van der Waals surface area contributed by atoms with Gasteiger partial charge in [-0.3, -0.25) is 9.59 Å². The summed E-state index contributed by atoms with van der Waals surface area (Å²) in [4.78, 5) is 37.1. The molecular weight excluding hydrogens is 568 g/mol. The third-order valence-corrected chi connectivity index (χ3v) is 8.52. The number of aliphatic carboxylic acids is 1. The Morgan fingerprint density at radius 1 is 0.977 bits per heavy atom. The second-order valence-corrected chi connectivity index (χ2v) is 12.9. The molecular formula is C33H42N2O9. The number of carbonyl (C=O) groups excluding carboxylic acids is 2. The molecule has 4 N–H and O–H groups in total. The largest absolute Gasteiger partial charge is 0.481 e. The minimum absolute atomic E-state index is 0.0594. The van der Waals surface area contributed by atoms with Crippen LogP contribution in [0.1, 0.15) is 64.0 Å². The maximum absolute atomic E-state index is 12.8. The molecule has 2 fully saturated rings. The fourth-order valence-electron chi connectivity index (χ4n) is 6.64. The molecule has 0 aromatic heterocycles. The molecule has 2 aliphatic heterocycles. The summed E-state index contributed by atoms with van der Waals surface area (Å²) < 4.78 is 23.4. The van der Waals surface area contributed by atoms with Gasteiger partial charge in [0.15, 0.2) is 5.79 Å². The quantitative estimate of drug-likeness (QED) is 0.299. The Morgan fingerprint density at radius 2 is 1.61 bits per heavy atom. The number of carbonyl (C=O) groups is 3. The Labute approximate surface area is 257 Å². The highest BCUT2D eigenvalue weighted by atomic mass is 16.7. The van der Waals surface area contributed by atoms with Crippen molar-refractivity contribution in [3.8, 4) is 11.1 Å². The lowest BCUT2D eigenvalue weighted by molar-refractivity contribution is -0.151. The van der Waals surface area contributed by atoms with E-state index in [0.29, 0.717) is 13.0 Å². The lowest BCUT2D eigenvalue weighted by atomic mass is 9.87. The molecule has 0 bridgehead atoms. The van der Waals surface area contributed by atoms with Crippen molar-refractivity contribution in [3.63, 3.8) is 0 Å². The van der Waals surface area contributed by atoms with Crippen molar-refractivity contribution in [2.45, 2.75) is 88.6 Å². The van der Waals surface area contributed by atoms with Crippen molar-refractivity contribution < 1.29 is 43.5 Å². The zero-order valence-corrected chi connectivity index (χ0v) is 25.6. The van der Waals surface area contributed by atoms with Crippen molar-refractivity contribution in [1.29, 1.82) is 0 Å². The molecule has 238 valence electrons. The number of benzene rings is 2. The zero-order chi connectivity index (χ0) is 31.6. The molecule has 0 spiro atoms. The summed E-state index contributed by atoms with van der Waals surface area (Å²) in [6.45, 7) is 7.88. The number of ether oxygens (including phenoxy) is 4. The van der Waals surface area contributed by atoms with Gasteiger partial charge in [0.2, 0.25) is 5.91 Å². The molecule has 44 heavy (non-hydrogen) atoms. The number of aliphatic hydroxyl groups is 1. The number of fused-ring (bicyclic) bond motifs is 3. The van der Waals surface area contributed by atoms with Gasteiger partial charge in [0, 0.05) is 24.8 Å². The monoisotopic (exact) mass is 610 g/mol. The summed E-state index contributed by atoms with van der Waals surface area (Å²) >= 11 is 0. The van der Waals surface area contributed by atoms with Gasteiger partial charge < -0.3 is 39.8 Å². The Balaban J connectivity index is 1.14. The number of aliphatic hydroxyl groups excluding tert-OH is 1. The van der Waals surface area contributed by atoms with Gasteiger partial charge in [-0.1, -0.05) is 48.5 Å². The predicted octanol–water partition coefficient (Wildman–Crippen LogP) is 3.57. The summed E-state index contributed by atoms with van der Waals surface area (Å²) in [5.41, 5.74) is 3.79. The normalized spacial score (nSPS) is 24.6. The van der Waals surface area contributed by atoms with Crippen LogP contribution in [0.15, 0.2) is 48.5 Å². The molecule has 5 atom stereocenters. The second kappa shape index (κ2) is 12.8. The van der Waals surface area contributed by atoms with Crippen LogP contribution in [-0.2, 0) is 28.5 Å². The van der Waals surface area contributed by atoms with Crippen LogP contribution >= 0.6 is 0 Å².